The molecule has 0 saturated carbocycles. The van der Waals surface area contributed by atoms with Gasteiger partial charge in [-0.1, -0.05) is 22.9 Å². The van der Waals surface area contributed by atoms with Gasteiger partial charge in [-0.15, -0.1) is 0 Å². The molecule has 0 unspecified atom stereocenters. The van der Waals surface area contributed by atoms with Gasteiger partial charge in [0.2, 0.25) is 5.91 Å². The van der Waals surface area contributed by atoms with Crippen molar-refractivity contribution in [3.05, 3.63) is 28.2 Å². The van der Waals surface area contributed by atoms with E-state index >= 15 is 0 Å². The van der Waals surface area contributed by atoms with E-state index in [2.05, 4.69) is 31.9 Å². The predicted molar refractivity (Wildman–Crippen MR) is 83.8 cm³/mol. The molecule has 20 heavy (non-hydrogen) atoms. The molecule has 6 heteroatoms. The van der Waals surface area contributed by atoms with Crippen LogP contribution in [0.2, 0.25) is 0 Å². The molecule has 0 aromatic heterocycles. The van der Waals surface area contributed by atoms with E-state index in [-0.39, 0.29) is 5.91 Å². The summed E-state index contributed by atoms with van der Waals surface area (Å²) in [5.41, 5.74) is 1.71. The summed E-state index contributed by atoms with van der Waals surface area (Å²) < 4.78 is 0.982. The highest BCUT2D eigenvalue weighted by Gasteiger charge is 2.14. The molecule has 1 rings (SSSR count). The number of rotatable bonds is 5. The minimum Gasteiger partial charge on any atom is -0.354 e. The van der Waals surface area contributed by atoms with E-state index in [1.54, 1.807) is 13.0 Å². The van der Waals surface area contributed by atoms with Crippen molar-refractivity contribution < 1.29 is 9.59 Å². The lowest BCUT2D eigenvalue weighted by Gasteiger charge is -2.14. The van der Waals surface area contributed by atoms with Gasteiger partial charge in [-0.2, -0.15) is 0 Å². The Labute approximate surface area is 127 Å². The summed E-state index contributed by atoms with van der Waals surface area (Å²) >= 11 is 3.40. The second-order valence-corrected chi connectivity index (χ2v) is 5.43. The van der Waals surface area contributed by atoms with Crippen molar-refractivity contribution >= 4 is 33.6 Å². The molecule has 1 aromatic carbocycles. The van der Waals surface area contributed by atoms with Gasteiger partial charge in [-0.25, -0.2) is 4.79 Å². The molecular formula is C14H20BrN3O2. The molecule has 3 N–H and O–H groups in total. The van der Waals surface area contributed by atoms with Gasteiger partial charge in [-0.05, 0) is 44.0 Å². The number of anilines is 1. The largest absolute Gasteiger partial charge is 0.354 e. The molecule has 0 aliphatic carbocycles. The molecule has 0 aliphatic heterocycles. The van der Waals surface area contributed by atoms with Crippen molar-refractivity contribution in [2.24, 2.45) is 0 Å². The third-order valence-corrected chi connectivity index (χ3v) is 3.60. The molecule has 0 heterocycles. The van der Waals surface area contributed by atoms with E-state index in [0.29, 0.717) is 12.2 Å². The zero-order valence-electron chi connectivity index (χ0n) is 11.9. The Bertz CT molecular complexity index is 491. The Balaban J connectivity index is 2.50. The fraction of sp³-hybridized carbons (Fsp3) is 0.429. The first-order valence-electron chi connectivity index (χ1n) is 6.55. The Morgan fingerprint density at radius 2 is 2.05 bits per heavy atom. The number of hydrogen-bond donors (Lipinski definition) is 3. The van der Waals surface area contributed by atoms with Crippen LogP contribution in [0.15, 0.2) is 22.7 Å². The van der Waals surface area contributed by atoms with Crippen LogP contribution in [-0.4, -0.2) is 24.5 Å². The third-order valence-electron chi connectivity index (χ3n) is 2.71. The summed E-state index contributed by atoms with van der Waals surface area (Å²) in [5, 5.41) is 8.03. The molecule has 0 saturated heterocycles. The van der Waals surface area contributed by atoms with Crippen molar-refractivity contribution in [1.29, 1.82) is 0 Å². The molecule has 0 bridgehead atoms. The van der Waals surface area contributed by atoms with Crippen LogP contribution in [0, 0.1) is 6.92 Å². The van der Waals surface area contributed by atoms with Crippen LogP contribution in [-0.2, 0) is 4.79 Å². The predicted octanol–water partition coefficient (Wildman–Crippen LogP) is 2.79. The van der Waals surface area contributed by atoms with Gasteiger partial charge < -0.3 is 16.0 Å². The smallest absolute Gasteiger partial charge is 0.319 e. The molecule has 1 aromatic rings. The van der Waals surface area contributed by atoms with E-state index in [9.17, 15) is 9.59 Å². The van der Waals surface area contributed by atoms with Crippen LogP contribution < -0.4 is 16.0 Å². The van der Waals surface area contributed by atoms with Crippen LogP contribution >= 0.6 is 15.9 Å². The van der Waals surface area contributed by atoms with Crippen LogP contribution in [0.3, 0.4) is 0 Å². The Hall–Kier alpha value is -1.56. The minimum absolute atomic E-state index is 0.186. The summed E-state index contributed by atoms with van der Waals surface area (Å²) in [6.07, 6.45) is 0.864. The van der Waals surface area contributed by atoms with Gasteiger partial charge in [0.05, 0.1) is 0 Å². The highest BCUT2D eigenvalue weighted by Crippen LogP contribution is 2.19. The topological polar surface area (TPSA) is 70.2 Å². The first kappa shape index (κ1) is 16.5. The van der Waals surface area contributed by atoms with Crippen LogP contribution in [0.1, 0.15) is 25.8 Å². The van der Waals surface area contributed by atoms with Gasteiger partial charge in [-0.3, -0.25) is 4.79 Å². The maximum absolute atomic E-state index is 11.8. The maximum Gasteiger partial charge on any atom is 0.319 e. The second kappa shape index (κ2) is 7.89. The van der Waals surface area contributed by atoms with Crippen molar-refractivity contribution in [2.45, 2.75) is 33.2 Å². The SMILES string of the molecule is CCCNC(=O)[C@@H](C)NC(=O)Nc1ccc(Br)c(C)c1. The maximum atomic E-state index is 11.8. The van der Waals surface area contributed by atoms with Gasteiger partial charge in [0.1, 0.15) is 6.04 Å². The molecule has 1 atom stereocenters. The fourth-order valence-electron chi connectivity index (χ4n) is 1.55. The van der Waals surface area contributed by atoms with Crippen molar-refractivity contribution in [3.63, 3.8) is 0 Å². The standard InChI is InChI=1S/C14H20BrN3O2/c1-4-7-16-13(19)10(3)17-14(20)18-11-5-6-12(15)9(2)8-11/h5-6,8,10H,4,7H2,1-3H3,(H,16,19)(H2,17,18,20)/t10-/m1/s1. The average molecular weight is 342 g/mol. The van der Waals surface area contributed by atoms with Crippen molar-refractivity contribution in [1.82, 2.24) is 10.6 Å². The lowest BCUT2D eigenvalue weighted by molar-refractivity contribution is -0.122. The molecular weight excluding hydrogens is 322 g/mol. The zero-order valence-corrected chi connectivity index (χ0v) is 13.5. The third kappa shape index (κ3) is 5.21. The van der Waals surface area contributed by atoms with Gasteiger partial charge in [0, 0.05) is 16.7 Å². The Kier molecular flexibility index (Phi) is 6.51. The van der Waals surface area contributed by atoms with Gasteiger partial charge in [0.25, 0.3) is 0 Å². The quantitative estimate of drug-likeness (QED) is 0.770. The number of carbonyl (C=O) groups is 2. The lowest BCUT2D eigenvalue weighted by atomic mass is 10.2. The number of nitrogens with one attached hydrogen (secondary N) is 3. The number of halogens is 1. The second-order valence-electron chi connectivity index (χ2n) is 4.58. The molecule has 110 valence electrons. The Morgan fingerprint density at radius 1 is 1.35 bits per heavy atom. The summed E-state index contributed by atoms with van der Waals surface area (Å²) in [6.45, 7) is 6.17. The van der Waals surface area contributed by atoms with Gasteiger partial charge in [0.15, 0.2) is 0 Å². The zero-order chi connectivity index (χ0) is 15.1. The van der Waals surface area contributed by atoms with Crippen LogP contribution in [0.25, 0.3) is 0 Å². The first-order chi connectivity index (χ1) is 9.43. The van der Waals surface area contributed by atoms with Crippen LogP contribution in [0.5, 0.6) is 0 Å². The summed E-state index contributed by atoms with van der Waals surface area (Å²) in [4.78, 5) is 23.4. The average Bonchev–Trinajstić information content (AvgIpc) is 2.40. The summed E-state index contributed by atoms with van der Waals surface area (Å²) in [5.74, 6) is -0.186. The highest BCUT2D eigenvalue weighted by molar-refractivity contribution is 9.10. The van der Waals surface area contributed by atoms with E-state index < -0.39 is 12.1 Å². The van der Waals surface area contributed by atoms with E-state index in [0.717, 1.165) is 16.5 Å². The number of benzene rings is 1. The van der Waals surface area contributed by atoms with E-state index in [4.69, 9.17) is 0 Å². The molecule has 0 fully saturated rings. The van der Waals surface area contributed by atoms with Crippen molar-refractivity contribution in [2.75, 3.05) is 11.9 Å². The number of urea groups is 1. The van der Waals surface area contributed by atoms with E-state index in [1.807, 2.05) is 26.0 Å². The number of aryl methyl sites for hydroxylation is 1. The highest BCUT2D eigenvalue weighted by atomic mass is 79.9. The molecule has 3 amide bonds. The summed E-state index contributed by atoms with van der Waals surface area (Å²) in [7, 11) is 0. The Morgan fingerprint density at radius 3 is 2.65 bits per heavy atom. The van der Waals surface area contributed by atoms with Gasteiger partial charge >= 0.3 is 6.03 Å². The van der Waals surface area contributed by atoms with Crippen LogP contribution in [0.4, 0.5) is 10.5 Å². The number of amides is 3. The fourth-order valence-corrected chi connectivity index (χ4v) is 1.80. The number of carbonyl (C=O) groups excluding carboxylic acids is 2. The normalized spacial score (nSPS) is 11.6. The van der Waals surface area contributed by atoms with Crippen molar-refractivity contribution in [3.8, 4) is 0 Å². The minimum atomic E-state index is -0.571. The summed E-state index contributed by atoms with van der Waals surface area (Å²) in [6, 6.07) is 4.54. The first-order valence-corrected chi connectivity index (χ1v) is 7.34. The molecule has 0 aliphatic rings. The van der Waals surface area contributed by atoms with E-state index in [1.165, 1.54) is 0 Å². The molecule has 5 nitrogen and oxygen atoms in total. The molecule has 0 spiro atoms. The molecule has 0 radical (unpaired) electrons. The monoisotopic (exact) mass is 341 g/mol. The lowest BCUT2D eigenvalue weighted by Crippen LogP contribution is -2.46. The number of hydrogen-bond acceptors (Lipinski definition) is 2.